The molecule has 2 aromatic heterocycles. The summed E-state index contributed by atoms with van der Waals surface area (Å²) >= 11 is 5.77. The second-order valence-electron chi connectivity index (χ2n) is 4.31. The zero-order valence-corrected chi connectivity index (χ0v) is 12.1. The SMILES string of the molecule is CCc1noc(CCNC(=O)C(C)n2cc(Cl)cn2)n1. The van der Waals surface area contributed by atoms with E-state index in [2.05, 4.69) is 20.6 Å². The van der Waals surface area contributed by atoms with Gasteiger partial charge in [0, 0.05) is 25.6 Å². The fraction of sp³-hybridized carbons (Fsp3) is 0.500. The molecule has 2 rings (SSSR count). The standard InChI is InChI=1S/C12H16ClN5O2/c1-3-10-16-11(20-17-10)4-5-14-12(19)8(2)18-7-9(13)6-15-18/h6-8H,3-5H2,1-2H3,(H,14,19). The number of halogens is 1. The van der Waals surface area contributed by atoms with Crippen molar-refractivity contribution in [1.29, 1.82) is 0 Å². The van der Waals surface area contributed by atoms with E-state index < -0.39 is 6.04 Å². The Labute approximate surface area is 121 Å². The second kappa shape index (κ2) is 6.51. The van der Waals surface area contributed by atoms with Crippen LogP contribution in [0.5, 0.6) is 0 Å². The number of carbonyl (C=O) groups is 1. The van der Waals surface area contributed by atoms with Gasteiger partial charge in [-0.25, -0.2) is 0 Å². The lowest BCUT2D eigenvalue weighted by Gasteiger charge is -2.11. The van der Waals surface area contributed by atoms with E-state index in [9.17, 15) is 4.79 Å². The molecule has 1 unspecified atom stereocenters. The van der Waals surface area contributed by atoms with Gasteiger partial charge in [0.15, 0.2) is 5.82 Å². The van der Waals surface area contributed by atoms with Crippen LogP contribution in [0.3, 0.4) is 0 Å². The molecule has 0 aliphatic rings. The van der Waals surface area contributed by atoms with Crippen LogP contribution in [-0.2, 0) is 17.6 Å². The van der Waals surface area contributed by atoms with E-state index in [-0.39, 0.29) is 5.91 Å². The van der Waals surface area contributed by atoms with Gasteiger partial charge in [-0.05, 0) is 6.92 Å². The number of aryl methyl sites for hydroxylation is 1. The average Bonchev–Trinajstić information content (AvgIpc) is 3.06. The number of nitrogens with zero attached hydrogens (tertiary/aromatic N) is 4. The van der Waals surface area contributed by atoms with Crippen molar-refractivity contribution in [2.45, 2.75) is 32.7 Å². The Bertz CT molecular complexity index is 580. The fourth-order valence-corrected chi connectivity index (χ4v) is 1.77. The minimum Gasteiger partial charge on any atom is -0.354 e. The summed E-state index contributed by atoms with van der Waals surface area (Å²) < 4.78 is 6.55. The van der Waals surface area contributed by atoms with Crippen LogP contribution in [0.4, 0.5) is 0 Å². The Morgan fingerprint density at radius 2 is 2.40 bits per heavy atom. The molecule has 20 heavy (non-hydrogen) atoms. The molecule has 0 fully saturated rings. The van der Waals surface area contributed by atoms with E-state index in [1.807, 2.05) is 6.92 Å². The summed E-state index contributed by atoms with van der Waals surface area (Å²) in [6.07, 6.45) is 4.34. The monoisotopic (exact) mass is 297 g/mol. The molecule has 8 heteroatoms. The molecule has 7 nitrogen and oxygen atoms in total. The summed E-state index contributed by atoms with van der Waals surface area (Å²) in [6, 6.07) is -0.420. The Kier molecular flexibility index (Phi) is 4.73. The van der Waals surface area contributed by atoms with Gasteiger partial charge < -0.3 is 9.84 Å². The molecule has 0 aliphatic heterocycles. The largest absolute Gasteiger partial charge is 0.354 e. The summed E-state index contributed by atoms with van der Waals surface area (Å²) in [4.78, 5) is 16.1. The maximum atomic E-state index is 11.9. The summed E-state index contributed by atoms with van der Waals surface area (Å²) in [7, 11) is 0. The van der Waals surface area contributed by atoms with E-state index >= 15 is 0 Å². The molecular formula is C12H16ClN5O2. The first-order valence-corrected chi connectivity index (χ1v) is 6.76. The minimum atomic E-state index is -0.420. The first kappa shape index (κ1) is 14.5. The maximum absolute atomic E-state index is 11.9. The van der Waals surface area contributed by atoms with Crippen LogP contribution in [0.1, 0.15) is 31.6 Å². The molecule has 0 aliphatic carbocycles. The van der Waals surface area contributed by atoms with Crippen molar-refractivity contribution in [3.8, 4) is 0 Å². The van der Waals surface area contributed by atoms with Crippen LogP contribution in [0.2, 0.25) is 5.02 Å². The van der Waals surface area contributed by atoms with E-state index in [4.69, 9.17) is 16.1 Å². The molecule has 1 N–H and O–H groups in total. The smallest absolute Gasteiger partial charge is 0.244 e. The van der Waals surface area contributed by atoms with Gasteiger partial charge in [0.1, 0.15) is 6.04 Å². The molecule has 108 valence electrons. The van der Waals surface area contributed by atoms with Gasteiger partial charge in [-0.3, -0.25) is 9.48 Å². The number of carbonyl (C=O) groups excluding carboxylic acids is 1. The highest BCUT2D eigenvalue weighted by Crippen LogP contribution is 2.10. The molecule has 0 saturated heterocycles. The van der Waals surface area contributed by atoms with Gasteiger partial charge in [-0.15, -0.1) is 0 Å². The number of hydrogen-bond acceptors (Lipinski definition) is 5. The Morgan fingerprint density at radius 3 is 3.00 bits per heavy atom. The maximum Gasteiger partial charge on any atom is 0.244 e. The second-order valence-corrected chi connectivity index (χ2v) is 4.75. The molecule has 2 heterocycles. The lowest BCUT2D eigenvalue weighted by atomic mass is 10.3. The van der Waals surface area contributed by atoms with Gasteiger partial charge in [0.05, 0.1) is 11.2 Å². The molecule has 1 atom stereocenters. The predicted octanol–water partition coefficient (Wildman–Crippen LogP) is 1.40. The molecule has 0 spiro atoms. The molecule has 1 amide bonds. The van der Waals surface area contributed by atoms with E-state index in [1.54, 1.807) is 13.1 Å². The third-order valence-corrected chi connectivity index (χ3v) is 3.01. The third kappa shape index (κ3) is 3.57. The van der Waals surface area contributed by atoms with Gasteiger partial charge in [0.2, 0.25) is 11.8 Å². The Balaban J connectivity index is 1.80. The minimum absolute atomic E-state index is 0.139. The predicted molar refractivity (Wildman–Crippen MR) is 72.3 cm³/mol. The number of nitrogens with one attached hydrogen (secondary N) is 1. The first-order chi connectivity index (χ1) is 9.60. The molecule has 0 aromatic carbocycles. The van der Waals surface area contributed by atoms with Crippen LogP contribution < -0.4 is 5.32 Å². The highest BCUT2D eigenvalue weighted by atomic mass is 35.5. The Hall–Kier alpha value is -1.89. The quantitative estimate of drug-likeness (QED) is 0.871. The Morgan fingerprint density at radius 1 is 1.60 bits per heavy atom. The van der Waals surface area contributed by atoms with Crippen LogP contribution in [-0.4, -0.2) is 32.4 Å². The van der Waals surface area contributed by atoms with Crippen molar-refractivity contribution in [3.05, 3.63) is 29.1 Å². The van der Waals surface area contributed by atoms with E-state index in [1.165, 1.54) is 10.9 Å². The van der Waals surface area contributed by atoms with Crippen LogP contribution >= 0.6 is 11.6 Å². The van der Waals surface area contributed by atoms with Crippen molar-refractivity contribution in [1.82, 2.24) is 25.2 Å². The van der Waals surface area contributed by atoms with Crippen molar-refractivity contribution in [3.63, 3.8) is 0 Å². The highest BCUT2D eigenvalue weighted by molar-refractivity contribution is 6.30. The number of rotatable bonds is 6. The topological polar surface area (TPSA) is 85.8 Å². The molecule has 2 aromatic rings. The van der Waals surface area contributed by atoms with Crippen LogP contribution in [0.25, 0.3) is 0 Å². The van der Waals surface area contributed by atoms with Crippen LogP contribution in [0, 0.1) is 0 Å². The van der Waals surface area contributed by atoms with Crippen molar-refractivity contribution >= 4 is 17.5 Å². The van der Waals surface area contributed by atoms with E-state index in [0.717, 1.165) is 6.42 Å². The molecule has 0 radical (unpaired) electrons. The summed E-state index contributed by atoms with van der Waals surface area (Å²) in [5, 5.41) is 11.1. The highest BCUT2D eigenvalue weighted by Gasteiger charge is 2.15. The lowest BCUT2D eigenvalue weighted by molar-refractivity contribution is -0.124. The number of hydrogen-bond donors (Lipinski definition) is 1. The van der Waals surface area contributed by atoms with Gasteiger partial charge in [-0.2, -0.15) is 10.1 Å². The van der Waals surface area contributed by atoms with Crippen molar-refractivity contribution in [2.75, 3.05) is 6.54 Å². The number of amides is 1. The molecule has 0 bridgehead atoms. The zero-order chi connectivity index (χ0) is 14.5. The third-order valence-electron chi connectivity index (χ3n) is 2.81. The summed E-state index contributed by atoms with van der Waals surface area (Å²) in [5.41, 5.74) is 0. The average molecular weight is 298 g/mol. The van der Waals surface area contributed by atoms with Crippen molar-refractivity contribution in [2.24, 2.45) is 0 Å². The first-order valence-electron chi connectivity index (χ1n) is 6.39. The lowest BCUT2D eigenvalue weighted by Crippen LogP contribution is -2.32. The van der Waals surface area contributed by atoms with Gasteiger partial charge >= 0.3 is 0 Å². The van der Waals surface area contributed by atoms with Gasteiger partial charge in [-0.1, -0.05) is 23.7 Å². The van der Waals surface area contributed by atoms with Gasteiger partial charge in [0.25, 0.3) is 0 Å². The van der Waals surface area contributed by atoms with E-state index in [0.29, 0.717) is 29.7 Å². The van der Waals surface area contributed by atoms with Crippen LogP contribution in [0.15, 0.2) is 16.9 Å². The number of aromatic nitrogens is 4. The summed E-state index contributed by atoms with van der Waals surface area (Å²) in [6.45, 7) is 4.14. The summed E-state index contributed by atoms with van der Waals surface area (Å²) in [5.74, 6) is 1.06. The molecule has 0 saturated carbocycles. The van der Waals surface area contributed by atoms with Crippen molar-refractivity contribution < 1.29 is 9.32 Å². The zero-order valence-electron chi connectivity index (χ0n) is 11.3. The normalized spacial score (nSPS) is 12.3. The fourth-order valence-electron chi connectivity index (χ4n) is 1.62. The molecular weight excluding hydrogens is 282 g/mol.